The van der Waals surface area contributed by atoms with Crippen molar-refractivity contribution in [3.8, 4) is 0 Å². The van der Waals surface area contributed by atoms with E-state index in [4.69, 9.17) is 12.2 Å². The Morgan fingerprint density at radius 3 is 2.85 bits per heavy atom. The van der Waals surface area contributed by atoms with Crippen LogP contribution in [0.1, 0.15) is 12.0 Å². The van der Waals surface area contributed by atoms with Gasteiger partial charge in [0, 0.05) is 29.7 Å². The van der Waals surface area contributed by atoms with E-state index in [1.807, 2.05) is 48.3 Å². The van der Waals surface area contributed by atoms with Gasteiger partial charge in [0.2, 0.25) is 0 Å². The van der Waals surface area contributed by atoms with E-state index in [0.29, 0.717) is 21.4 Å². The molecule has 1 saturated heterocycles. The number of para-hydroxylation sites is 1. The maximum absolute atomic E-state index is 12.8. The lowest BCUT2D eigenvalue weighted by Gasteiger charge is -2.22. The molecule has 1 aromatic carbocycles. The van der Waals surface area contributed by atoms with Crippen LogP contribution in [-0.2, 0) is 16.6 Å². The number of amides is 1. The number of fused-ring (bicyclic) bond motifs is 1. The van der Waals surface area contributed by atoms with E-state index in [9.17, 15) is 14.7 Å². The Labute approximate surface area is 165 Å². The first-order chi connectivity index (χ1) is 12.4. The van der Waals surface area contributed by atoms with Crippen LogP contribution in [0.5, 0.6) is 0 Å². The third-order valence-electron chi connectivity index (χ3n) is 4.23. The number of thiocarbonyl (C=S) groups is 1. The number of thioether (sulfide) groups is 2. The molecule has 0 saturated carbocycles. The SMILES string of the molecule is CSCC[C@H](C(=O)O)N1C(=O)/C(=C/c2cn(C)c3ccccc23)SC1=S. The number of aliphatic carboxylic acids is 1. The maximum atomic E-state index is 12.8. The lowest BCUT2D eigenvalue weighted by Crippen LogP contribution is -2.44. The third kappa shape index (κ3) is 3.54. The Kier molecular flexibility index (Phi) is 5.74. The van der Waals surface area contributed by atoms with E-state index in [0.717, 1.165) is 28.2 Å². The molecule has 1 fully saturated rings. The smallest absolute Gasteiger partial charge is 0.326 e. The average Bonchev–Trinajstić information content (AvgIpc) is 3.07. The van der Waals surface area contributed by atoms with Crippen LogP contribution in [0.15, 0.2) is 35.4 Å². The minimum absolute atomic E-state index is 0.301. The number of hydrogen-bond donors (Lipinski definition) is 1. The number of aromatic nitrogens is 1. The van der Waals surface area contributed by atoms with Crippen molar-refractivity contribution in [2.45, 2.75) is 12.5 Å². The highest BCUT2D eigenvalue weighted by atomic mass is 32.2. The van der Waals surface area contributed by atoms with Crippen molar-refractivity contribution in [1.29, 1.82) is 0 Å². The van der Waals surface area contributed by atoms with Crippen LogP contribution in [0, 0.1) is 0 Å². The molecule has 1 aliphatic rings. The average molecular weight is 407 g/mol. The van der Waals surface area contributed by atoms with Crippen LogP contribution in [0.4, 0.5) is 0 Å². The van der Waals surface area contributed by atoms with Gasteiger partial charge in [-0.2, -0.15) is 11.8 Å². The van der Waals surface area contributed by atoms with E-state index in [-0.39, 0.29) is 5.91 Å². The lowest BCUT2D eigenvalue weighted by molar-refractivity contribution is -0.145. The van der Waals surface area contributed by atoms with Crippen molar-refractivity contribution in [2.75, 3.05) is 12.0 Å². The van der Waals surface area contributed by atoms with E-state index in [2.05, 4.69) is 0 Å². The van der Waals surface area contributed by atoms with Gasteiger partial charge in [-0.3, -0.25) is 9.69 Å². The molecule has 0 bridgehead atoms. The van der Waals surface area contributed by atoms with Crippen molar-refractivity contribution < 1.29 is 14.7 Å². The van der Waals surface area contributed by atoms with Crippen molar-refractivity contribution in [1.82, 2.24) is 9.47 Å². The zero-order valence-electron chi connectivity index (χ0n) is 14.3. The van der Waals surface area contributed by atoms with Crippen molar-refractivity contribution >= 4 is 68.9 Å². The molecule has 0 aliphatic carbocycles. The van der Waals surface area contributed by atoms with Crippen LogP contribution in [-0.4, -0.2) is 48.8 Å². The van der Waals surface area contributed by atoms with Gasteiger partial charge in [0.15, 0.2) is 0 Å². The molecule has 8 heteroatoms. The summed E-state index contributed by atoms with van der Waals surface area (Å²) in [7, 11) is 1.95. The molecule has 0 unspecified atom stereocenters. The molecule has 2 aromatic rings. The van der Waals surface area contributed by atoms with Crippen LogP contribution in [0.2, 0.25) is 0 Å². The number of carbonyl (C=O) groups excluding carboxylic acids is 1. The fourth-order valence-electron chi connectivity index (χ4n) is 2.97. The summed E-state index contributed by atoms with van der Waals surface area (Å²) in [6.07, 6.45) is 6.03. The summed E-state index contributed by atoms with van der Waals surface area (Å²) in [6, 6.07) is 7.01. The van der Waals surface area contributed by atoms with Gasteiger partial charge in [0.05, 0.1) is 4.91 Å². The Balaban J connectivity index is 1.95. The van der Waals surface area contributed by atoms with Crippen molar-refractivity contribution in [2.24, 2.45) is 7.05 Å². The molecule has 1 N–H and O–H groups in total. The van der Waals surface area contributed by atoms with Gasteiger partial charge < -0.3 is 9.67 Å². The van der Waals surface area contributed by atoms with Crippen LogP contribution in [0.25, 0.3) is 17.0 Å². The van der Waals surface area contributed by atoms with Gasteiger partial charge in [0.1, 0.15) is 10.4 Å². The fraction of sp³-hybridized carbons (Fsp3) is 0.278. The molecule has 3 rings (SSSR count). The molecule has 1 atom stereocenters. The van der Waals surface area contributed by atoms with E-state index in [1.54, 1.807) is 17.8 Å². The highest BCUT2D eigenvalue weighted by Gasteiger charge is 2.40. The summed E-state index contributed by atoms with van der Waals surface area (Å²) in [4.78, 5) is 26.2. The van der Waals surface area contributed by atoms with Gasteiger partial charge in [0.25, 0.3) is 5.91 Å². The molecule has 5 nitrogen and oxygen atoms in total. The number of aryl methyl sites for hydroxylation is 1. The number of benzene rings is 1. The van der Waals surface area contributed by atoms with Gasteiger partial charge in [-0.25, -0.2) is 4.79 Å². The minimum Gasteiger partial charge on any atom is -0.480 e. The van der Waals surface area contributed by atoms with Gasteiger partial charge >= 0.3 is 5.97 Å². The normalized spacial score (nSPS) is 17.5. The second-order valence-electron chi connectivity index (χ2n) is 5.90. The number of rotatable bonds is 6. The number of carboxylic acid groups (broad SMARTS) is 1. The Bertz CT molecular complexity index is 920. The summed E-state index contributed by atoms with van der Waals surface area (Å²) in [5.74, 6) is -0.709. The summed E-state index contributed by atoms with van der Waals surface area (Å²) in [5, 5.41) is 10.6. The Hall–Kier alpha value is -1.77. The van der Waals surface area contributed by atoms with E-state index >= 15 is 0 Å². The maximum Gasteiger partial charge on any atom is 0.326 e. The molecule has 0 spiro atoms. The topological polar surface area (TPSA) is 62.5 Å². The first kappa shape index (κ1) is 19.0. The fourth-order valence-corrected chi connectivity index (χ4v) is 4.78. The lowest BCUT2D eigenvalue weighted by atomic mass is 10.1. The monoisotopic (exact) mass is 406 g/mol. The standard InChI is InChI=1S/C18H18N2O3S3/c1-19-10-11(12-5-3-4-6-13(12)19)9-15-16(21)20(18(24)26-15)14(17(22)23)7-8-25-2/h3-6,9-10,14H,7-8H2,1-2H3,(H,22,23)/b15-9-/t14-/m1/s1. The molecular formula is C18H18N2O3S3. The van der Waals surface area contributed by atoms with Crippen LogP contribution in [0.3, 0.4) is 0 Å². The Morgan fingerprint density at radius 1 is 1.42 bits per heavy atom. The largest absolute Gasteiger partial charge is 0.480 e. The molecule has 1 amide bonds. The second kappa shape index (κ2) is 7.85. The third-order valence-corrected chi connectivity index (χ3v) is 6.20. The minimum atomic E-state index is -1.03. The van der Waals surface area contributed by atoms with Crippen LogP contribution < -0.4 is 0 Å². The Morgan fingerprint density at radius 2 is 2.15 bits per heavy atom. The molecule has 0 radical (unpaired) electrons. The van der Waals surface area contributed by atoms with E-state index in [1.165, 1.54) is 4.90 Å². The second-order valence-corrected chi connectivity index (χ2v) is 8.56. The summed E-state index contributed by atoms with van der Waals surface area (Å²) >= 11 is 8.02. The number of carboxylic acids is 1. The molecule has 2 heterocycles. The van der Waals surface area contributed by atoms with Gasteiger partial charge in [-0.1, -0.05) is 42.2 Å². The quantitative estimate of drug-likeness (QED) is 0.584. The number of nitrogens with zero attached hydrogens (tertiary/aromatic N) is 2. The predicted octanol–water partition coefficient (Wildman–Crippen LogP) is 3.59. The van der Waals surface area contributed by atoms with Crippen LogP contribution >= 0.6 is 35.7 Å². The van der Waals surface area contributed by atoms with Gasteiger partial charge in [-0.05, 0) is 30.6 Å². The molecule has 1 aromatic heterocycles. The molecule has 136 valence electrons. The number of hydrogen-bond acceptors (Lipinski definition) is 5. The molecular weight excluding hydrogens is 388 g/mol. The first-order valence-corrected chi connectivity index (χ1v) is 10.6. The highest BCUT2D eigenvalue weighted by Crippen LogP contribution is 2.36. The summed E-state index contributed by atoms with van der Waals surface area (Å²) in [5.41, 5.74) is 1.98. The highest BCUT2D eigenvalue weighted by molar-refractivity contribution is 8.26. The van der Waals surface area contributed by atoms with Gasteiger partial charge in [-0.15, -0.1) is 0 Å². The molecule has 1 aliphatic heterocycles. The van der Waals surface area contributed by atoms with Crippen molar-refractivity contribution in [3.05, 3.63) is 40.9 Å². The zero-order valence-corrected chi connectivity index (χ0v) is 16.8. The molecule has 26 heavy (non-hydrogen) atoms. The first-order valence-electron chi connectivity index (χ1n) is 7.97. The zero-order chi connectivity index (χ0) is 18.8. The van der Waals surface area contributed by atoms with E-state index < -0.39 is 12.0 Å². The summed E-state index contributed by atoms with van der Waals surface area (Å²) in [6.45, 7) is 0. The number of carbonyl (C=O) groups is 2. The van der Waals surface area contributed by atoms with Crippen molar-refractivity contribution in [3.63, 3.8) is 0 Å². The predicted molar refractivity (Wildman–Crippen MR) is 112 cm³/mol. The summed E-state index contributed by atoms with van der Waals surface area (Å²) < 4.78 is 2.30.